The first kappa shape index (κ1) is 18.4. The molecular formula is C21H28N2O4. The molecule has 2 atom stereocenters. The fourth-order valence-electron chi connectivity index (χ4n) is 4.61. The van der Waals surface area contributed by atoms with E-state index in [1.807, 2.05) is 47.1 Å². The summed E-state index contributed by atoms with van der Waals surface area (Å²) in [6.45, 7) is 4.82. The minimum atomic E-state index is -0.534. The molecule has 4 rings (SSSR count). The number of amides is 2. The van der Waals surface area contributed by atoms with E-state index in [4.69, 9.17) is 9.47 Å². The Balaban J connectivity index is 1.47. The van der Waals surface area contributed by atoms with E-state index in [0.29, 0.717) is 25.4 Å². The summed E-state index contributed by atoms with van der Waals surface area (Å²) in [6, 6.07) is 9.72. The van der Waals surface area contributed by atoms with Crippen molar-refractivity contribution in [1.29, 1.82) is 0 Å². The molecule has 3 saturated heterocycles. The number of nitrogens with zero attached hydrogens (tertiary/aromatic N) is 2. The maximum Gasteiger partial charge on any atom is 0.253 e. The van der Waals surface area contributed by atoms with Crippen molar-refractivity contribution in [2.45, 2.75) is 44.2 Å². The van der Waals surface area contributed by atoms with Gasteiger partial charge in [0.05, 0.1) is 12.6 Å². The van der Waals surface area contributed by atoms with Gasteiger partial charge >= 0.3 is 0 Å². The number of hydrogen-bond acceptors (Lipinski definition) is 4. The Kier molecular flexibility index (Phi) is 5.19. The van der Waals surface area contributed by atoms with Crippen LogP contribution in [0.1, 0.15) is 32.6 Å². The normalized spacial score (nSPS) is 29.5. The van der Waals surface area contributed by atoms with Crippen LogP contribution in [0.4, 0.5) is 5.69 Å². The molecule has 146 valence electrons. The highest BCUT2D eigenvalue weighted by Crippen LogP contribution is 2.36. The van der Waals surface area contributed by atoms with Gasteiger partial charge in [-0.2, -0.15) is 0 Å². The van der Waals surface area contributed by atoms with Crippen LogP contribution in [-0.2, 0) is 19.1 Å². The second-order valence-corrected chi connectivity index (χ2v) is 8.08. The largest absolute Gasteiger partial charge is 0.381 e. The van der Waals surface area contributed by atoms with E-state index in [0.717, 1.165) is 38.2 Å². The molecule has 27 heavy (non-hydrogen) atoms. The van der Waals surface area contributed by atoms with Crippen molar-refractivity contribution in [3.05, 3.63) is 30.3 Å². The first-order valence-corrected chi connectivity index (χ1v) is 9.93. The molecule has 0 bridgehead atoms. The lowest BCUT2D eigenvalue weighted by molar-refractivity contribution is -0.158. The fraction of sp³-hybridized carbons (Fsp3) is 0.619. The molecule has 6 nitrogen and oxygen atoms in total. The molecule has 6 heteroatoms. The number of carbonyl (C=O) groups is 2. The van der Waals surface area contributed by atoms with Gasteiger partial charge in [-0.1, -0.05) is 18.2 Å². The van der Waals surface area contributed by atoms with Gasteiger partial charge in [-0.25, -0.2) is 0 Å². The van der Waals surface area contributed by atoms with Crippen molar-refractivity contribution in [1.82, 2.24) is 4.90 Å². The quantitative estimate of drug-likeness (QED) is 0.816. The Morgan fingerprint density at radius 2 is 1.93 bits per heavy atom. The van der Waals surface area contributed by atoms with Gasteiger partial charge in [-0.05, 0) is 44.2 Å². The predicted octanol–water partition coefficient (Wildman–Crippen LogP) is 2.23. The van der Waals surface area contributed by atoms with E-state index in [2.05, 4.69) is 0 Å². The third-order valence-corrected chi connectivity index (χ3v) is 6.18. The zero-order valence-corrected chi connectivity index (χ0v) is 15.9. The average molecular weight is 372 g/mol. The van der Waals surface area contributed by atoms with Crippen molar-refractivity contribution < 1.29 is 19.1 Å². The molecule has 3 aliphatic heterocycles. The smallest absolute Gasteiger partial charge is 0.253 e. The zero-order valence-electron chi connectivity index (χ0n) is 15.9. The minimum Gasteiger partial charge on any atom is -0.381 e. The maximum absolute atomic E-state index is 12.8. The molecule has 0 aromatic heterocycles. The number of benzene rings is 1. The summed E-state index contributed by atoms with van der Waals surface area (Å²) in [5.74, 6) is 0.616. The summed E-state index contributed by atoms with van der Waals surface area (Å²) in [4.78, 5) is 29.2. The number of fused-ring (bicyclic) bond motifs is 1. The van der Waals surface area contributed by atoms with E-state index in [1.54, 1.807) is 0 Å². The lowest BCUT2D eigenvalue weighted by Crippen LogP contribution is -2.68. The minimum absolute atomic E-state index is 0.00865. The van der Waals surface area contributed by atoms with Gasteiger partial charge in [0.1, 0.15) is 12.2 Å². The van der Waals surface area contributed by atoms with Crippen molar-refractivity contribution in [3.8, 4) is 0 Å². The number of ether oxygens (including phenoxy) is 2. The lowest BCUT2D eigenvalue weighted by Gasteiger charge is -2.52. The number of likely N-dealkylation sites (tertiary alicyclic amines) is 1. The van der Waals surface area contributed by atoms with Crippen LogP contribution >= 0.6 is 0 Å². The van der Waals surface area contributed by atoms with Gasteiger partial charge in [0.25, 0.3) is 5.91 Å². The van der Waals surface area contributed by atoms with E-state index in [9.17, 15) is 9.59 Å². The molecule has 3 fully saturated rings. The molecule has 0 unspecified atom stereocenters. The highest BCUT2D eigenvalue weighted by molar-refractivity contribution is 5.96. The summed E-state index contributed by atoms with van der Waals surface area (Å²) in [6.07, 6.45) is 3.25. The summed E-state index contributed by atoms with van der Waals surface area (Å²) in [7, 11) is 0. The molecular weight excluding hydrogens is 344 g/mol. The zero-order chi connectivity index (χ0) is 18.9. The molecule has 0 aliphatic carbocycles. The summed E-state index contributed by atoms with van der Waals surface area (Å²) < 4.78 is 11.4. The van der Waals surface area contributed by atoms with Gasteiger partial charge in [0.15, 0.2) is 0 Å². The van der Waals surface area contributed by atoms with Crippen molar-refractivity contribution in [2.75, 3.05) is 37.8 Å². The van der Waals surface area contributed by atoms with Crippen LogP contribution < -0.4 is 4.90 Å². The van der Waals surface area contributed by atoms with E-state index in [1.165, 1.54) is 0 Å². The number of piperidine rings is 1. The van der Waals surface area contributed by atoms with E-state index >= 15 is 0 Å². The number of rotatable bonds is 3. The number of morpholine rings is 1. The van der Waals surface area contributed by atoms with E-state index in [-0.39, 0.29) is 24.5 Å². The van der Waals surface area contributed by atoms with Gasteiger partial charge in [0.2, 0.25) is 5.91 Å². The van der Waals surface area contributed by atoms with E-state index < -0.39 is 5.60 Å². The Labute approximate surface area is 160 Å². The van der Waals surface area contributed by atoms with Crippen LogP contribution in [0, 0.1) is 5.92 Å². The van der Waals surface area contributed by atoms with Crippen LogP contribution in [0.15, 0.2) is 30.3 Å². The molecule has 0 spiro atoms. The van der Waals surface area contributed by atoms with Gasteiger partial charge in [0, 0.05) is 31.9 Å². The van der Waals surface area contributed by atoms with Crippen LogP contribution in [0.25, 0.3) is 0 Å². The second-order valence-electron chi connectivity index (χ2n) is 8.08. The Bertz CT molecular complexity index is 689. The number of hydrogen-bond donors (Lipinski definition) is 0. The number of anilines is 1. The molecule has 1 aromatic rings. The molecule has 3 aliphatic rings. The standard InChI is InChI=1S/C21H28N2O4/c1-21-15-22(19(24)13-16-8-11-26-12-9-16)10-7-18(21)23(20(25)14-27-21)17-5-3-2-4-6-17/h2-6,16,18H,7-15H2,1H3/t18-,21-/m1/s1. The Morgan fingerprint density at radius 3 is 2.67 bits per heavy atom. The van der Waals surface area contributed by atoms with Crippen LogP contribution in [0.3, 0.4) is 0 Å². The number of para-hydroxylation sites is 1. The molecule has 0 saturated carbocycles. The molecule has 3 heterocycles. The maximum atomic E-state index is 12.8. The molecule has 1 aromatic carbocycles. The summed E-state index contributed by atoms with van der Waals surface area (Å²) in [5.41, 5.74) is 0.372. The topological polar surface area (TPSA) is 59.1 Å². The monoisotopic (exact) mass is 372 g/mol. The van der Waals surface area contributed by atoms with Crippen molar-refractivity contribution in [3.63, 3.8) is 0 Å². The number of carbonyl (C=O) groups excluding carboxylic acids is 2. The van der Waals surface area contributed by atoms with Gasteiger partial charge in [-0.15, -0.1) is 0 Å². The van der Waals surface area contributed by atoms with Crippen molar-refractivity contribution in [2.24, 2.45) is 5.92 Å². The van der Waals surface area contributed by atoms with Crippen LogP contribution in [-0.4, -0.2) is 61.3 Å². The van der Waals surface area contributed by atoms with Crippen molar-refractivity contribution >= 4 is 17.5 Å². The fourth-order valence-corrected chi connectivity index (χ4v) is 4.61. The molecule has 2 amide bonds. The third-order valence-electron chi connectivity index (χ3n) is 6.18. The summed E-state index contributed by atoms with van der Waals surface area (Å²) >= 11 is 0. The SMILES string of the molecule is C[C@@]12CN(C(=O)CC3CCOCC3)CC[C@H]1N(c1ccccc1)C(=O)CO2. The summed E-state index contributed by atoms with van der Waals surface area (Å²) in [5, 5.41) is 0. The third kappa shape index (κ3) is 3.73. The average Bonchev–Trinajstić information content (AvgIpc) is 2.69. The molecule has 0 radical (unpaired) electrons. The molecule has 0 N–H and O–H groups in total. The lowest BCUT2D eigenvalue weighted by atomic mass is 9.85. The van der Waals surface area contributed by atoms with Gasteiger partial charge < -0.3 is 19.3 Å². The van der Waals surface area contributed by atoms with Gasteiger partial charge in [-0.3, -0.25) is 9.59 Å². The van der Waals surface area contributed by atoms with Crippen LogP contribution in [0.2, 0.25) is 0 Å². The first-order chi connectivity index (χ1) is 13.1. The highest BCUT2D eigenvalue weighted by atomic mass is 16.5. The predicted molar refractivity (Wildman–Crippen MR) is 101 cm³/mol. The Hall–Kier alpha value is -1.92. The van der Waals surface area contributed by atoms with Crippen LogP contribution in [0.5, 0.6) is 0 Å². The highest BCUT2D eigenvalue weighted by Gasteiger charge is 2.50. The second kappa shape index (κ2) is 7.60. The first-order valence-electron chi connectivity index (χ1n) is 9.93. The Morgan fingerprint density at radius 1 is 1.19 bits per heavy atom.